The van der Waals surface area contributed by atoms with Gasteiger partial charge in [0.05, 0.1) is 0 Å². The van der Waals surface area contributed by atoms with Crippen LogP contribution in [0.1, 0.15) is 0 Å². The molecule has 1 rings (SSSR count). The number of hydrogen-bond acceptors (Lipinski definition) is 3. The largest absolute Gasteiger partial charge is 0.298 e. The molecule has 0 radical (unpaired) electrons. The minimum atomic E-state index is -4.11. The summed E-state index contributed by atoms with van der Waals surface area (Å²) in [6, 6.07) is 6.16. The maximum absolute atomic E-state index is 10.7. The summed E-state index contributed by atoms with van der Waals surface area (Å²) >= 11 is 4.73. The van der Waals surface area contributed by atoms with Gasteiger partial charge in [-0.15, -0.1) is 0 Å². The molecule has 0 spiro atoms. The monoisotopic (exact) mass is 221 g/mol. The van der Waals surface area contributed by atoms with Gasteiger partial charge in [-0.25, -0.2) is 0 Å². The van der Waals surface area contributed by atoms with Crippen LogP contribution < -0.4 is 5.30 Å². The normalized spacial score (nSPS) is 11.8. The van der Waals surface area contributed by atoms with Crippen LogP contribution in [0, 0.1) is 0 Å². The average molecular weight is 221 g/mol. The average Bonchev–Trinajstić information content (AvgIpc) is 2.03. The van der Waals surface area contributed by atoms with Crippen molar-refractivity contribution in [3.63, 3.8) is 0 Å². The third kappa shape index (κ3) is 2.08. The van der Waals surface area contributed by atoms with Crippen molar-refractivity contribution in [3.8, 4) is 0 Å². The second-order valence-electron chi connectivity index (χ2n) is 2.07. The molecule has 6 heteroatoms. The highest BCUT2D eigenvalue weighted by atomic mass is 32.4. The molecule has 1 aromatic rings. The van der Waals surface area contributed by atoms with Crippen LogP contribution in [0.5, 0.6) is 0 Å². The molecule has 0 fully saturated rings. The molecule has 0 aliphatic carbocycles. The van der Waals surface area contributed by atoms with E-state index in [1.165, 1.54) is 6.07 Å². The van der Waals surface area contributed by atoms with Gasteiger partial charge in [-0.3, -0.25) is 4.55 Å². The number of rotatable bonds is 2. The summed E-state index contributed by atoms with van der Waals surface area (Å²) in [6.45, 7) is 0. The van der Waals surface area contributed by atoms with Gasteiger partial charge in [-0.1, -0.05) is 12.1 Å². The van der Waals surface area contributed by atoms with E-state index in [1.807, 2.05) is 0 Å². The number of benzene rings is 1. The molecule has 0 aliphatic rings. The molecule has 1 unspecified atom stereocenters. The third-order valence-electron chi connectivity index (χ3n) is 1.27. The minimum Gasteiger partial charge on any atom is -0.282 e. The Bertz CT molecular complexity index is 399. The van der Waals surface area contributed by atoms with Gasteiger partial charge in [0.15, 0.2) is 24.5 Å². The maximum Gasteiger partial charge on any atom is 0.298 e. The molecule has 0 aliphatic heterocycles. The van der Waals surface area contributed by atoms with Crippen molar-refractivity contribution in [2.45, 2.75) is 4.90 Å². The Labute approximate surface area is 77.0 Å². The molecule has 0 aromatic heterocycles. The first-order chi connectivity index (χ1) is 5.55. The van der Waals surface area contributed by atoms with Gasteiger partial charge in [0.25, 0.3) is 10.1 Å². The van der Waals surface area contributed by atoms with Gasteiger partial charge in [0, 0.05) is 0 Å². The lowest BCUT2D eigenvalue weighted by Gasteiger charge is -1.94. The SMILES string of the molecule is O=S(=O)(O)c1ccccc1[PH+]=S. The lowest BCUT2D eigenvalue weighted by atomic mass is 10.4. The van der Waals surface area contributed by atoms with Crippen molar-refractivity contribution in [2.75, 3.05) is 0 Å². The molecule has 1 atom stereocenters. The Hall–Kier alpha value is -0.350. The molecule has 0 saturated carbocycles. The fourth-order valence-electron chi connectivity index (χ4n) is 0.776. The van der Waals surface area contributed by atoms with E-state index in [2.05, 4.69) is 0 Å². The zero-order chi connectivity index (χ0) is 9.19. The Morgan fingerprint density at radius 2 is 1.92 bits per heavy atom. The lowest BCUT2D eigenvalue weighted by molar-refractivity contribution is 0.484. The minimum absolute atomic E-state index is 0.0534. The van der Waals surface area contributed by atoms with Crippen LogP contribution in [0.25, 0.3) is 0 Å². The predicted octanol–water partition coefficient (Wildman–Crippen LogP) is 0.699. The zero-order valence-corrected chi connectivity index (χ0v) is 8.52. The second kappa shape index (κ2) is 3.58. The fourth-order valence-corrected chi connectivity index (χ4v) is 2.99. The van der Waals surface area contributed by atoms with Gasteiger partial charge in [0.1, 0.15) is 4.90 Å². The van der Waals surface area contributed by atoms with Gasteiger partial charge in [-0.05, 0) is 12.1 Å². The number of hydrogen-bond donors (Lipinski definition) is 1. The van der Waals surface area contributed by atoms with Crippen LogP contribution >= 0.6 is 7.36 Å². The van der Waals surface area contributed by atoms with Crippen LogP contribution in [0.4, 0.5) is 0 Å². The summed E-state index contributed by atoms with van der Waals surface area (Å²) in [4.78, 5) is -0.0849. The topological polar surface area (TPSA) is 54.4 Å². The maximum atomic E-state index is 10.7. The first kappa shape index (κ1) is 9.74. The fraction of sp³-hybridized carbons (Fsp3) is 0. The summed E-state index contributed by atoms with van der Waals surface area (Å²) in [5.41, 5.74) is 0. The van der Waals surface area contributed by atoms with Crippen molar-refractivity contribution in [1.29, 1.82) is 0 Å². The van der Waals surface area contributed by atoms with Crippen LogP contribution in [0.15, 0.2) is 29.2 Å². The van der Waals surface area contributed by atoms with Crippen LogP contribution in [-0.4, -0.2) is 13.0 Å². The molecule has 0 saturated heterocycles. The summed E-state index contributed by atoms with van der Waals surface area (Å²) in [5.74, 6) is 0. The first-order valence-corrected chi connectivity index (χ1v) is 6.57. The summed E-state index contributed by atoms with van der Waals surface area (Å²) < 4.78 is 30.2. The highest BCUT2D eigenvalue weighted by Gasteiger charge is 2.17. The van der Waals surface area contributed by atoms with E-state index in [4.69, 9.17) is 16.4 Å². The summed E-state index contributed by atoms with van der Waals surface area (Å²) in [7, 11) is -4.16. The van der Waals surface area contributed by atoms with E-state index in [1.54, 1.807) is 18.2 Å². The van der Waals surface area contributed by atoms with Crippen LogP contribution in [0.2, 0.25) is 0 Å². The van der Waals surface area contributed by atoms with Gasteiger partial charge in [-0.2, -0.15) is 8.42 Å². The highest BCUT2D eigenvalue weighted by molar-refractivity contribution is 8.00. The molecule has 64 valence electrons. The molecule has 0 heterocycles. The van der Waals surface area contributed by atoms with E-state index in [0.29, 0.717) is 5.30 Å². The van der Waals surface area contributed by atoms with E-state index in [-0.39, 0.29) is 12.3 Å². The van der Waals surface area contributed by atoms with E-state index >= 15 is 0 Å². The Balaban J connectivity index is 3.43. The zero-order valence-electron chi connectivity index (χ0n) is 5.89. The van der Waals surface area contributed by atoms with Crippen LogP contribution in [-0.2, 0) is 21.9 Å². The summed E-state index contributed by atoms with van der Waals surface area (Å²) in [5, 5.41) is 0.481. The Morgan fingerprint density at radius 3 is 2.33 bits per heavy atom. The molecular formula is C6H6O3PS2+. The smallest absolute Gasteiger partial charge is 0.282 e. The van der Waals surface area contributed by atoms with Gasteiger partial charge >= 0.3 is 0 Å². The second-order valence-corrected chi connectivity index (χ2v) is 4.82. The van der Waals surface area contributed by atoms with Crippen molar-refractivity contribution < 1.29 is 13.0 Å². The van der Waals surface area contributed by atoms with Crippen molar-refractivity contribution in [3.05, 3.63) is 24.3 Å². The molecule has 12 heavy (non-hydrogen) atoms. The van der Waals surface area contributed by atoms with Crippen molar-refractivity contribution in [2.24, 2.45) is 0 Å². The lowest BCUT2D eigenvalue weighted by Crippen LogP contribution is -2.08. The summed E-state index contributed by atoms with van der Waals surface area (Å²) in [6.07, 6.45) is 0. The van der Waals surface area contributed by atoms with Gasteiger partial charge in [0.2, 0.25) is 0 Å². The molecule has 1 aromatic carbocycles. The molecule has 1 N–H and O–H groups in total. The standard InChI is InChI=1S/C6H5O3PS2/c7-12(8,9)6-4-2-1-3-5(6)10-11/h1-4H,(H,7,8,9)/p+1. The van der Waals surface area contributed by atoms with E-state index in [9.17, 15) is 8.42 Å². The van der Waals surface area contributed by atoms with Crippen LogP contribution in [0.3, 0.4) is 0 Å². The first-order valence-electron chi connectivity index (χ1n) is 3.00. The van der Waals surface area contributed by atoms with E-state index < -0.39 is 10.1 Å². The predicted molar refractivity (Wildman–Crippen MR) is 51.6 cm³/mol. The third-order valence-corrected chi connectivity index (χ3v) is 3.68. The molecule has 3 nitrogen and oxygen atoms in total. The molecular weight excluding hydrogens is 215 g/mol. The highest BCUT2D eigenvalue weighted by Crippen LogP contribution is 2.09. The molecule has 0 bridgehead atoms. The Morgan fingerprint density at radius 1 is 1.33 bits per heavy atom. The van der Waals surface area contributed by atoms with Gasteiger partial charge < -0.3 is 0 Å². The van der Waals surface area contributed by atoms with E-state index in [0.717, 1.165) is 0 Å². The van der Waals surface area contributed by atoms with Crippen molar-refractivity contribution in [1.82, 2.24) is 0 Å². The quantitative estimate of drug-likeness (QED) is 0.590. The molecule has 0 amide bonds. The van der Waals surface area contributed by atoms with Crippen molar-refractivity contribution >= 4 is 34.6 Å². The Kier molecular flexibility index (Phi) is 2.90.